The molecule has 2 rings (SSSR count). The fourth-order valence-electron chi connectivity index (χ4n) is 2.67. The average Bonchev–Trinajstić information content (AvgIpc) is 2.63. The second kappa shape index (κ2) is 6.71. The predicted molar refractivity (Wildman–Crippen MR) is 88.0 cm³/mol. The van der Waals surface area contributed by atoms with Crippen molar-refractivity contribution in [1.29, 1.82) is 0 Å². The van der Waals surface area contributed by atoms with E-state index in [4.69, 9.17) is 28.3 Å². The van der Waals surface area contributed by atoms with Crippen molar-refractivity contribution in [3.8, 4) is 0 Å². The number of hydrogen-bond donors (Lipinski definition) is 1. The van der Waals surface area contributed by atoms with Crippen LogP contribution in [0.15, 0.2) is 18.2 Å². The Balaban J connectivity index is 2.45. The molecule has 118 valence electrons. The highest BCUT2D eigenvalue weighted by Crippen LogP contribution is 2.27. The highest BCUT2D eigenvalue weighted by atomic mass is 35.5. The van der Waals surface area contributed by atoms with Gasteiger partial charge in [0.25, 0.3) is 0 Å². The van der Waals surface area contributed by atoms with Gasteiger partial charge in [0.1, 0.15) is 6.54 Å². The first-order chi connectivity index (χ1) is 10.3. The standard InChI is InChI=1S/C16H18Cl2N2O2/c1-9(2)16-14(10(3)19-20(16)8-15(21)22)6-11-4-12(17)7-13(18)5-11/h4-5,7,9H,6,8H2,1-3H3,(H,21,22). The van der Waals surface area contributed by atoms with E-state index in [2.05, 4.69) is 5.10 Å². The minimum Gasteiger partial charge on any atom is -0.480 e. The number of aromatic nitrogens is 2. The Bertz CT molecular complexity index is 688. The van der Waals surface area contributed by atoms with Crippen molar-refractivity contribution in [1.82, 2.24) is 9.78 Å². The Kier molecular flexibility index (Phi) is 5.14. The van der Waals surface area contributed by atoms with Gasteiger partial charge in [-0.2, -0.15) is 5.10 Å². The van der Waals surface area contributed by atoms with Crippen LogP contribution < -0.4 is 0 Å². The van der Waals surface area contributed by atoms with Gasteiger partial charge < -0.3 is 5.11 Å². The van der Waals surface area contributed by atoms with E-state index in [1.807, 2.05) is 32.9 Å². The third kappa shape index (κ3) is 3.81. The average molecular weight is 341 g/mol. The first kappa shape index (κ1) is 16.8. The van der Waals surface area contributed by atoms with Crippen LogP contribution in [0.25, 0.3) is 0 Å². The van der Waals surface area contributed by atoms with Crippen LogP contribution in [-0.2, 0) is 17.8 Å². The van der Waals surface area contributed by atoms with Gasteiger partial charge >= 0.3 is 5.97 Å². The van der Waals surface area contributed by atoms with E-state index >= 15 is 0 Å². The fourth-order valence-corrected chi connectivity index (χ4v) is 3.24. The monoisotopic (exact) mass is 340 g/mol. The normalized spacial score (nSPS) is 11.2. The summed E-state index contributed by atoms with van der Waals surface area (Å²) in [4.78, 5) is 11.0. The molecule has 1 aromatic heterocycles. The zero-order valence-corrected chi connectivity index (χ0v) is 14.2. The summed E-state index contributed by atoms with van der Waals surface area (Å²) in [6.45, 7) is 5.82. The molecule has 0 fully saturated rings. The maximum atomic E-state index is 11.0. The van der Waals surface area contributed by atoms with Crippen molar-refractivity contribution in [3.63, 3.8) is 0 Å². The molecule has 0 bridgehead atoms. The maximum Gasteiger partial charge on any atom is 0.325 e. The molecule has 0 saturated heterocycles. The number of halogens is 2. The van der Waals surface area contributed by atoms with Crippen molar-refractivity contribution in [2.24, 2.45) is 0 Å². The van der Waals surface area contributed by atoms with Gasteiger partial charge in [-0.1, -0.05) is 37.0 Å². The zero-order valence-electron chi connectivity index (χ0n) is 12.7. The lowest BCUT2D eigenvalue weighted by molar-refractivity contribution is -0.137. The Labute approximate surface area is 139 Å². The number of carbonyl (C=O) groups is 1. The van der Waals surface area contributed by atoms with E-state index in [9.17, 15) is 4.79 Å². The summed E-state index contributed by atoms with van der Waals surface area (Å²) in [5, 5.41) is 14.6. The second-order valence-corrected chi connectivity index (χ2v) is 6.48. The van der Waals surface area contributed by atoms with Gasteiger partial charge in [0, 0.05) is 27.7 Å². The van der Waals surface area contributed by atoms with Crippen LogP contribution in [0.3, 0.4) is 0 Å². The van der Waals surface area contributed by atoms with Gasteiger partial charge in [0.05, 0.1) is 5.69 Å². The molecule has 1 aromatic carbocycles. The molecule has 2 aromatic rings. The lowest BCUT2D eigenvalue weighted by Gasteiger charge is -2.12. The summed E-state index contributed by atoms with van der Waals surface area (Å²) in [5.41, 5.74) is 3.80. The van der Waals surface area contributed by atoms with Crippen LogP contribution in [0.2, 0.25) is 10.0 Å². The van der Waals surface area contributed by atoms with Crippen LogP contribution in [0.5, 0.6) is 0 Å². The Hall–Kier alpha value is -1.52. The van der Waals surface area contributed by atoms with Gasteiger partial charge in [-0.15, -0.1) is 0 Å². The molecule has 0 unspecified atom stereocenters. The molecule has 22 heavy (non-hydrogen) atoms. The number of nitrogens with zero attached hydrogens (tertiary/aromatic N) is 2. The molecule has 0 aliphatic carbocycles. The van der Waals surface area contributed by atoms with Crippen LogP contribution in [0, 0.1) is 6.92 Å². The summed E-state index contributed by atoms with van der Waals surface area (Å²) in [6.07, 6.45) is 0.624. The number of hydrogen-bond acceptors (Lipinski definition) is 2. The maximum absolute atomic E-state index is 11.0. The van der Waals surface area contributed by atoms with Gasteiger partial charge in [0.15, 0.2) is 0 Å². The predicted octanol–water partition coefficient (Wildman–Crippen LogP) is 4.30. The van der Waals surface area contributed by atoms with Crippen LogP contribution in [0.4, 0.5) is 0 Å². The Morgan fingerprint density at radius 2 is 1.86 bits per heavy atom. The summed E-state index contributed by atoms with van der Waals surface area (Å²) in [6, 6.07) is 5.42. The highest BCUT2D eigenvalue weighted by molar-refractivity contribution is 6.34. The van der Waals surface area contributed by atoms with E-state index in [1.54, 1.807) is 10.7 Å². The third-order valence-corrected chi connectivity index (χ3v) is 3.87. The fraction of sp³-hybridized carbons (Fsp3) is 0.375. The first-order valence-electron chi connectivity index (χ1n) is 7.01. The van der Waals surface area contributed by atoms with Crippen molar-refractivity contribution < 1.29 is 9.90 Å². The van der Waals surface area contributed by atoms with Crippen molar-refractivity contribution in [3.05, 3.63) is 50.8 Å². The van der Waals surface area contributed by atoms with Crippen LogP contribution >= 0.6 is 23.2 Å². The van der Waals surface area contributed by atoms with E-state index < -0.39 is 5.97 Å². The highest BCUT2D eigenvalue weighted by Gasteiger charge is 2.19. The first-order valence-corrected chi connectivity index (χ1v) is 7.76. The number of benzene rings is 1. The molecule has 0 aliphatic rings. The van der Waals surface area contributed by atoms with Crippen LogP contribution in [-0.4, -0.2) is 20.9 Å². The van der Waals surface area contributed by atoms with Crippen molar-refractivity contribution >= 4 is 29.2 Å². The second-order valence-electron chi connectivity index (χ2n) is 5.61. The molecule has 0 aliphatic heterocycles. The molecule has 0 saturated carbocycles. The molecule has 1 heterocycles. The van der Waals surface area contributed by atoms with E-state index in [0.717, 1.165) is 22.5 Å². The molecule has 4 nitrogen and oxygen atoms in total. The summed E-state index contributed by atoms with van der Waals surface area (Å²) in [5.74, 6) is -0.730. The number of carboxylic acids is 1. The summed E-state index contributed by atoms with van der Waals surface area (Å²) < 4.78 is 1.57. The number of aliphatic carboxylic acids is 1. The molecule has 6 heteroatoms. The zero-order chi connectivity index (χ0) is 16.4. The molecular formula is C16H18Cl2N2O2. The Morgan fingerprint density at radius 3 is 2.36 bits per heavy atom. The van der Waals surface area contributed by atoms with Gasteiger partial charge in [-0.3, -0.25) is 9.48 Å². The molecule has 0 amide bonds. The van der Waals surface area contributed by atoms with Gasteiger partial charge in [-0.25, -0.2) is 0 Å². The topological polar surface area (TPSA) is 55.1 Å². The summed E-state index contributed by atoms with van der Waals surface area (Å²) in [7, 11) is 0. The Morgan fingerprint density at radius 1 is 1.27 bits per heavy atom. The molecule has 0 spiro atoms. The van der Waals surface area contributed by atoms with Gasteiger partial charge in [0.2, 0.25) is 0 Å². The van der Waals surface area contributed by atoms with Crippen LogP contribution in [0.1, 0.15) is 42.3 Å². The van der Waals surface area contributed by atoms with E-state index in [1.165, 1.54) is 0 Å². The molecule has 1 N–H and O–H groups in total. The quantitative estimate of drug-likeness (QED) is 0.882. The van der Waals surface area contributed by atoms with Crippen molar-refractivity contribution in [2.75, 3.05) is 0 Å². The SMILES string of the molecule is Cc1nn(CC(=O)O)c(C(C)C)c1Cc1cc(Cl)cc(Cl)c1. The lowest BCUT2D eigenvalue weighted by Crippen LogP contribution is -2.14. The summed E-state index contributed by atoms with van der Waals surface area (Å²) >= 11 is 12.1. The largest absolute Gasteiger partial charge is 0.480 e. The van der Waals surface area contributed by atoms with E-state index in [0.29, 0.717) is 16.5 Å². The van der Waals surface area contributed by atoms with E-state index in [-0.39, 0.29) is 12.5 Å². The van der Waals surface area contributed by atoms with Gasteiger partial charge in [-0.05, 0) is 36.6 Å². The molecule has 0 atom stereocenters. The molecular weight excluding hydrogens is 323 g/mol. The minimum absolute atomic E-state index is 0.134. The lowest BCUT2D eigenvalue weighted by atomic mass is 9.97. The number of carboxylic acid groups (broad SMARTS) is 1. The smallest absolute Gasteiger partial charge is 0.325 e. The minimum atomic E-state index is -0.901. The van der Waals surface area contributed by atoms with Crippen molar-refractivity contribution in [2.45, 2.75) is 39.7 Å². The molecule has 0 radical (unpaired) electrons. The third-order valence-electron chi connectivity index (χ3n) is 3.43. The number of aryl methyl sites for hydroxylation is 1. The number of rotatable bonds is 5.